The summed E-state index contributed by atoms with van der Waals surface area (Å²) in [6.45, 7) is 12.9. The Labute approximate surface area is 399 Å². The summed E-state index contributed by atoms with van der Waals surface area (Å²) < 4.78 is 25.4. The molecule has 6 aromatic rings. The van der Waals surface area contributed by atoms with Gasteiger partial charge in [-0.2, -0.15) is 10.2 Å². The predicted molar refractivity (Wildman–Crippen MR) is 258 cm³/mol. The van der Waals surface area contributed by atoms with Gasteiger partial charge in [0.15, 0.2) is 11.6 Å². The second kappa shape index (κ2) is 22.2. The molecule has 1 aliphatic carbocycles. The lowest BCUT2D eigenvalue weighted by Crippen LogP contribution is -2.38. The van der Waals surface area contributed by atoms with E-state index < -0.39 is 5.97 Å². The molecule has 18 nitrogen and oxygen atoms in total. The third-order valence-corrected chi connectivity index (χ3v) is 12.2. The molecule has 4 heterocycles. The van der Waals surface area contributed by atoms with Gasteiger partial charge in [0.1, 0.15) is 36.3 Å². The van der Waals surface area contributed by atoms with Crippen LogP contribution in [0.4, 0.5) is 11.6 Å². The first-order valence-electron chi connectivity index (χ1n) is 23.0. The molecule has 2 aromatic heterocycles. The molecule has 2 aliphatic heterocycles. The second-order valence-corrected chi connectivity index (χ2v) is 17.1. The number of ether oxygens (including phenoxy) is 4. The first kappa shape index (κ1) is 48.1. The Balaban J connectivity index is 0.000000187. The van der Waals surface area contributed by atoms with E-state index >= 15 is 0 Å². The number of rotatable bonds is 17. The van der Waals surface area contributed by atoms with E-state index in [4.69, 9.17) is 30.4 Å². The molecular weight excluding hydrogens is 883 g/mol. The molecule has 0 spiro atoms. The van der Waals surface area contributed by atoms with E-state index in [1.54, 1.807) is 54.6 Å². The van der Waals surface area contributed by atoms with Gasteiger partial charge in [-0.25, -0.2) is 14.2 Å². The average molecular weight is 940 g/mol. The van der Waals surface area contributed by atoms with Crippen molar-refractivity contribution in [3.8, 4) is 22.9 Å². The molecule has 18 heteroatoms. The Morgan fingerprint density at radius 1 is 0.638 bits per heavy atom. The van der Waals surface area contributed by atoms with Gasteiger partial charge in [-0.3, -0.25) is 24.2 Å². The average Bonchev–Trinajstić information content (AvgIpc) is 3.98. The van der Waals surface area contributed by atoms with Crippen molar-refractivity contribution in [2.75, 3.05) is 90.4 Å². The van der Waals surface area contributed by atoms with Gasteiger partial charge in [0.05, 0.1) is 66.9 Å². The zero-order valence-electron chi connectivity index (χ0n) is 38.8. The number of nitrogen functional groups attached to an aromatic ring is 2. The fraction of sp³-hybridized carbons (Fsp3) is 0.333. The van der Waals surface area contributed by atoms with E-state index in [-0.39, 0.29) is 46.3 Å². The molecule has 0 bridgehead atoms. The minimum Gasteiger partial charge on any atom is -0.492 e. The number of carbonyl (C=O) groups is 4. The molecule has 1 amide bonds. The number of morpholine rings is 2. The van der Waals surface area contributed by atoms with E-state index in [0.29, 0.717) is 58.3 Å². The Bertz CT molecular complexity index is 2810. The smallest absolute Gasteiger partial charge is 0.335 e. The fourth-order valence-corrected chi connectivity index (χ4v) is 7.90. The van der Waals surface area contributed by atoms with Gasteiger partial charge in [-0.15, -0.1) is 0 Å². The summed E-state index contributed by atoms with van der Waals surface area (Å²) in [5.74, 6) is -0.0989. The first-order valence-corrected chi connectivity index (χ1v) is 23.0. The maximum Gasteiger partial charge on any atom is 0.335 e. The number of carbonyl (C=O) groups excluding carboxylic acids is 3. The van der Waals surface area contributed by atoms with Gasteiger partial charge >= 0.3 is 5.97 Å². The van der Waals surface area contributed by atoms with Crippen LogP contribution in [0.15, 0.2) is 97.3 Å². The Morgan fingerprint density at radius 3 is 1.54 bits per heavy atom. The summed E-state index contributed by atoms with van der Waals surface area (Å²) in [5.41, 5.74) is 17.6. The molecule has 3 fully saturated rings. The Morgan fingerprint density at radius 2 is 1.09 bits per heavy atom. The van der Waals surface area contributed by atoms with Crippen molar-refractivity contribution >= 4 is 35.1 Å². The summed E-state index contributed by atoms with van der Waals surface area (Å²) in [4.78, 5) is 54.9. The maximum atomic E-state index is 13.3. The monoisotopic (exact) mass is 939 g/mol. The van der Waals surface area contributed by atoms with Gasteiger partial charge in [-0.05, 0) is 86.3 Å². The van der Waals surface area contributed by atoms with Crippen LogP contribution >= 0.6 is 0 Å². The number of amides is 1. The van der Waals surface area contributed by atoms with Crippen molar-refractivity contribution in [1.82, 2.24) is 34.7 Å². The van der Waals surface area contributed by atoms with Crippen molar-refractivity contribution in [3.63, 3.8) is 0 Å². The van der Waals surface area contributed by atoms with Gasteiger partial charge in [-0.1, -0.05) is 36.4 Å². The van der Waals surface area contributed by atoms with Crippen LogP contribution in [0.2, 0.25) is 0 Å². The standard InChI is InChI=1S/C27H31N5O4.C24H26N4O5/c1-18-5-6-20(27(34)30-21-7-8-21)16-24(18)32-26(28)23(17-29-32)25(33)19-3-2-4-22(15-19)36-14-11-31-9-12-35-13-10-31;1-16-5-6-18(24(30)31)14-21(16)28-23(25)20(15-26-28)22(29)17-3-2-4-19(13-17)33-12-9-27-7-10-32-11-8-27/h2-6,15-17,21H,7-14,28H2,1H3,(H,30,34);2-6,13-15H,7-12,25H2,1H3,(H,30,31). The number of aromatic carboxylic acids is 1. The summed E-state index contributed by atoms with van der Waals surface area (Å²) in [5, 5.41) is 20.9. The molecule has 9 rings (SSSR count). The number of aryl methyl sites for hydroxylation is 2. The molecule has 2 saturated heterocycles. The van der Waals surface area contributed by atoms with E-state index in [2.05, 4.69) is 25.3 Å². The third kappa shape index (κ3) is 12.0. The summed E-state index contributed by atoms with van der Waals surface area (Å²) in [6.07, 6.45) is 4.90. The van der Waals surface area contributed by atoms with E-state index in [1.807, 2.05) is 32.0 Å². The van der Waals surface area contributed by atoms with Crippen LogP contribution in [0.1, 0.15) is 76.5 Å². The van der Waals surface area contributed by atoms with Crippen LogP contribution in [-0.2, 0) is 9.47 Å². The first-order chi connectivity index (χ1) is 33.4. The van der Waals surface area contributed by atoms with Crippen molar-refractivity contribution in [2.45, 2.75) is 32.7 Å². The summed E-state index contributed by atoms with van der Waals surface area (Å²) in [6, 6.07) is 24.4. The number of anilines is 2. The highest BCUT2D eigenvalue weighted by Gasteiger charge is 2.25. The van der Waals surface area contributed by atoms with Crippen molar-refractivity contribution in [1.29, 1.82) is 0 Å². The molecule has 0 radical (unpaired) electrons. The zero-order valence-corrected chi connectivity index (χ0v) is 38.8. The Hall–Kier alpha value is -7.38. The van der Waals surface area contributed by atoms with Crippen molar-refractivity contribution in [3.05, 3.63) is 142 Å². The number of hydrogen-bond acceptors (Lipinski definition) is 14. The number of ketones is 2. The predicted octanol–water partition coefficient (Wildman–Crippen LogP) is 5.00. The highest BCUT2D eigenvalue weighted by Crippen LogP contribution is 2.27. The molecule has 4 aromatic carbocycles. The second-order valence-electron chi connectivity index (χ2n) is 17.1. The van der Waals surface area contributed by atoms with Crippen LogP contribution in [0, 0.1) is 13.8 Å². The normalized spacial score (nSPS) is 15.2. The summed E-state index contributed by atoms with van der Waals surface area (Å²) in [7, 11) is 0. The van der Waals surface area contributed by atoms with Crippen molar-refractivity contribution < 1.29 is 43.2 Å². The minimum absolute atomic E-state index is 0.111. The van der Waals surface area contributed by atoms with Gasteiger partial charge in [0.25, 0.3) is 5.91 Å². The molecule has 0 atom stereocenters. The van der Waals surface area contributed by atoms with Crippen LogP contribution in [0.3, 0.4) is 0 Å². The fourth-order valence-electron chi connectivity index (χ4n) is 7.90. The number of aromatic nitrogens is 4. The molecule has 1 saturated carbocycles. The minimum atomic E-state index is -1.05. The zero-order chi connectivity index (χ0) is 48.4. The molecular formula is C51H57N9O9. The number of hydrogen-bond donors (Lipinski definition) is 4. The largest absolute Gasteiger partial charge is 0.492 e. The summed E-state index contributed by atoms with van der Waals surface area (Å²) >= 11 is 0. The van der Waals surface area contributed by atoms with Crippen LogP contribution < -0.4 is 26.3 Å². The van der Waals surface area contributed by atoms with E-state index in [1.165, 1.54) is 33.9 Å². The number of carboxylic acid groups (broad SMARTS) is 1. The molecule has 69 heavy (non-hydrogen) atoms. The Kier molecular flexibility index (Phi) is 15.4. The lowest BCUT2D eigenvalue weighted by molar-refractivity contribution is 0.0321. The number of benzene rings is 4. The third-order valence-electron chi connectivity index (χ3n) is 12.2. The van der Waals surface area contributed by atoms with E-state index in [0.717, 1.165) is 89.7 Å². The van der Waals surface area contributed by atoms with Crippen molar-refractivity contribution in [2.24, 2.45) is 0 Å². The van der Waals surface area contributed by atoms with Crippen LogP contribution in [0.5, 0.6) is 11.5 Å². The SMILES string of the molecule is Cc1ccc(C(=O)NC2CC2)cc1-n1ncc(C(=O)c2cccc(OCCN3CCOCC3)c2)c1N.Cc1ccc(C(=O)O)cc1-n1ncc(C(=O)c2cccc(OCCN3CCOCC3)c2)c1N. The number of nitrogens with zero attached hydrogens (tertiary/aromatic N) is 6. The molecule has 6 N–H and O–H groups in total. The van der Waals surface area contributed by atoms with Crippen LogP contribution in [0.25, 0.3) is 11.4 Å². The van der Waals surface area contributed by atoms with Crippen LogP contribution in [-0.4, -0.2) is 143 Å². The topological polar surface area (TPSA) is 232 Å². The molecule has 3 aliphatic rings. The van der Waals surface area contributed by atoms with Gasteiger partial charge in [0.2, 0.25) is 0 Å². The number of nitrogens with one attached hydrogen (secondary N) is 1. The van der Waals surface area contributed by atoms with Gasteiger partial charge in [0, 0.05) is 62.0 Å². The number of carboxylic acids is 1. The van der Waals surface area contributed by atoms with Gasteiger partial charge < -0.3 is 40.8 Å². The van der Waals surface area contributed by atoms with E-state index in [9.17, 15) is 24.3 Å². The lowest BCUT2D eigenvalue weighted by atomic mass is 10.1. The molecule has 0 unspecified atom stereocenters. The maximum absolute atomic E-state index is 13.3. The lowest BCUT2D eigenvalue weighted by Gasteiger charge is -2.26. The molecule has 360 valence electrons. The highest BCUT2D eigenvalue weighted by molar-refractivity contribution is 6.12. The highest BCUT2D eigenvalue weighted by atomic mass is 16.5. The number of nitrogens with two attached hydrogens (primary N) is 2. The quantitative estimate of drug-likeness (QED) is 0.0882.